The fraction of sp³-hybridized carbons (Fsp3) is 1.00. The van der Waals surface area contributed by atoms with Crippen molar-refractivity contribution in [1.82, 2.24) is 0 Å². The molecule has 0 heterocycles. The minimum Gasteiger partial charge on any atom is -0.330 e. The Morgan fingerprint density at radius 1 is 0.824 bits per heavy atom. The fourth-order valence-electron chi connectivity index (χ4n) is 3.32. The Morgan fingerprint density at radius 3 is 2.00 bits per heavy atom. The van der Waals surface area contributed by atoms with Gasteiger partial charge in [0.1, 0.15) is 0 Å². The summed E-state index contributed by atoms with van der Waals surface area (Å²) in [6, 6.07) is 0. The number of hydrogen-bond acceptors (Lipinski definition) is 1. The average Bonchev–Trinajstić information content (AvgIpc) is 2.60. The molecular formula is C16H33N. The van der Waals surface area contributed by atoms with Crippen LogP contribution in [0.2, 0.25) is 0 Å². The van der Waals surface area contributed by atoms with Gasteiger partial charge in [-0.25, -0.2) is 0 Å². The molecule has 1 fully saturated rings. The third-order valence-electron chi connectivity index (χ3n) is 4.66. The second-order valence-corrected chi connectivity index (χ2v) is 6.14. The SMILES string of the molecule is CCCCCCCCC1(CN)CCCCCC1. The minimum absolute atomic E-state index is 0.529. The van der Waals surface area contributed by atoms with Crippen molar-refractivity contribution >= 4 is 0 Å². The Kier molecular flexibility index (Phi) is 7.92. The molecule has 1 aliphatic rings. The van der Waals surface area contributed by atoms with Gasteiger partial charge in [0, 0.05) is 0 Å². The summed E-state index contributed by atoms with van der Waals surface area (Å²) >= 11 is 0. The van der Waals surface area contributed by atoms with Crippen molar-refractivity contribution in [1.29, 1.82) is 0 Å². The van der Waals surface area contributed by atoms with E-state index in [2.05, 4.69) is 6.92 Å². The van der Waals surface area contributed by atoms with Crippen molar-refractivity contribution in [2.24, 2.45) is 11.1 Å². The molecule has 0 spiro atoms. The average molecular weight is 239 g/mol. The summed E-state index contributed by atoms with van der Waals surface area (Å²) in [4.78, 5) is 0. The summed E-state index contributed by atoms with van der Waals surface area (Å²) in [6.07, 6.45) is 18.4. The molecule has 1 rings (SSSR count). The standard InChI is InChI=1S/C16H33N/c1-2-3-4-5-6-9-12-16(15-17)13-10-7-8-11-14-16/h2-15,17H2,1H3. The Labute approximate surface area is 109 Å². The maximum absolute atomic E-state index is 6.07. The van der Waals surface area contributed by atoms with E-state index >= 15 is 0 Å². The van der Waals surface area contributed by atoms with Gasteiger partial charge in [-0.3, -0.25) is 0 Å². The van der Waals surface area contributed by atoms with E-state index in [0.717, 1.165) is 6.54 Å². The van der Waals surface area contributed by atoms with Gasteiger partial charge in [-0.15, -0.1) is 0 Å². The van der Waals surface area contributed by atoms with Crippen LogP contribution in [0.3, 0.4) is 0 Å². The third-order valence-corrected chi connectivity index (χ3v) is 4.66. The molecule has 0 aromatic heterocycles. The van der Waals surface area contributed by atoms with Crippen molar-refractivity contribution in [3.63, 3.8) is 0 Å². The lowest BCUT2D eigenvalue weighted by Gasteiger charge is -2.31. The minimum atomic E-state index is 0.529. The second-order valence-electron chi connectivity index (χ2n) is 6.14. The van der Waals surface area contributed by atoms with Crippen molar-refractivity contribution in [3.8, 4) is 0 Å². The van der Waals surface area contributed by atoms with Crippen LogP contribution in [0.5, 0.6) is 0 Å². The van der Waals surface area contributed by atoms with Gasteiger partial charge in [-0.1, -0.05) is 71.1 Å². The lowest BCUT2D eigenvalue weighted by atomic mass is 9.76. The van der Waals surface area contributed by atoms with Gasteiger partial charge in [-0.05, 0) is 31.2 Å². The van der Waals surface area contributed by atoms with Crippen molar-refractivity contribution < 1.29 is 0 Å². The molecule has 0 aromatic carbocycles. The largest absolute Gasteiger partial charge is 0.330 e. The molecule has 1 nitrogen and oxygen atoms in total. The van der Waals surface area contributed by atoms with E-state index < -0.39 is 0 Å². The smallest absolute Gasteiger partial charge is 0.00205 e. The van der Waals surface area contributed by atoms with Gasteiger partial charge in [0.15, 0.2) is 0 Å². The molecule has 0 unspecified atom stereocenters. The number of rotatable bonds is 8. The van der Waals surface area contributed by atoms with E-state index in [1.165, 1.54) is 83.5 Å². The van der Waals surface area contributed by atoms with E-state index in [9.17, 15) is 0 Å². The molecule has 1 heteroatoms. The predicted octanol–water partition coefficient (Wildman–Crippen LogP) is 5.04. The highest BCUT2D eigenvalue weighted by molar-refractivity contribution is 4.82. The normalized spacial score (nSPS) is 20.1. The summed E-state index contributed by atoms with van der Waals surface area (Å²) in [7, 11) is 0. The quantitative estimate of drug-likeness (QED) is 0.466. The zero-order chi connectivity index (χ0) is 12.4. The van der Waals surface area contributed by atoms with Gasteiger partial charge in [0.2, 0.25) is 0 Å². The molecule has 0 aromatic rings. The molecule has 1 saturated carbocycles. The van der Waals surface area contributed by atoms with Crippen LogP contribution in [0, 0.1) is 5.41 Å². The molecule has 2 N–H and O–H groups in total. The molecule has 0 bridgehead atoms. The first-order valence-corrected chi connectivity index (χ1v) is 8.03. The van der Waals surface area contributed by atoms with E-state index in [1.807, 2.05) is 0 Å². The Bertz CT molecular complexity index is 168. The summed E-state index contributed by atoms with van der Waals surface area (Å²) < 4.78 is 0. The van der Waals surface area contributed by atoms with Crippen LogP contribution in [0.25, 0.3) is 0 Å². The molecule has 17 heavy (non-hydrogen) atoms. The van der Waals surface area contributed by atoms with Crippen LogP contribution in [0.1, 0.15) is 90.4 Å². The van der Waals surface area contributed by atoms with Crippen LogP contribution >= 0.6 is 0 Å². The van der Waals surface area contributed by atoms with Gasteiger partial charge in [0.05, 0.1) is 0 Å². The Balaban J connectivity index is 2.16. The van der Waals surface area contributed by atoms with Crippen LogP contribution in [-0.2, 0) is 0 Å². The van der Waals surface area contributed by atoms with Gasteiger partial charge < -0.3 is 5.73 Å². The molecule has 0 radical (unpaired) electrons. The summed E-state index contributed by atoms with van der Waals surface area (Å²) in [5.41, 5.74) is 6.60. The fourth-order valence-corrected chi connectivity index (χ4v) is 3.32. The number of unbranched alkanes of at least 4 members (excludes halogenated alkanes) is 5. The molecule has 0 aliphatic heterocycles. The van der Waals surface area contributed by atoms with Crippen LogP contribution in [0.15, 0.2) is 0 Å². The summed E-state index contributed by atoms with van der Waals surface area (Å²) in [5, 5.41) is 0. The highest BCUT2D eigenvalue weighted by Crippen LogP contribution is 2.38. The van der Waals surface area contributed by atoms with Crippen LogP contribution in [-0.4, -0.2) is 6.54 Å². The molecule has 1 aliphatic carbocycles. The Morgan fingerprint density at radius 2 is 1.41 bits per heavy atom. The Hall–Kier alpha value is -0.0400. The predicted molar refractivity (Wildman–Crippen MR) is 77.2 cm³/mol. The van der Waals surface area contributed by atoms with E-state index in [0.29, 0.717) is 5.41 Å². The van der Waals surface area contributed by atoms with Gasteiger partial charge >= 0.3 is 0 Å². The van der Waals surface area contributed by atoms with Crippen LogP contribution < -0.4 is 5.73 Å². The lowest BCUT2D eigenvalue weighted by Crippen LogP contribution is -2.30. The molecule has 0 saturated heterocycles. The van der Waals surface area contributed by atoms with Crippen LogP contribution in [0.4, 0.5) is 0 Å². The van der Waals surface area contributed by atoms with E-state index in [-0.39, 0.29) is 0 Å². The summed E-state index contributed by atoms with van der Waals surface area (Å²) in [5.74, 6) is 0. The first-order chi connectivity index (χ1) is 8.33. The lowest BCUT2D eigenvalue weighted by molar-refractivity contribution is 0.224. The zero-order valence-electron chi connectivity index (χ0n) is 12.0. The monoisotopic (exact) mass is 239 g/mol. The molecule has 102 valence electrons. The molecule has 0 atom stereocenters. The highest BCUT2D eigenvalue weighted by atomic mass is 14.6. The number of hydrogen-bond donors (Lipinski definition) is 1. The third kappa shape index (κ3) is 5.90. The van der Waals surface area contributed by atoms with E-state index in [4.69, 9.17) is 5.73 Å². The van der Waals surface area contributed by atoms with Crippen molar-refractivity contribution in [3.05, 3.63) is 0 Å². The van der Waals surface area contributed by atoms with Gasteiger partial charge in [-0.2, -0.15) is 0 Å². The topological polar surface area (TPSA) is 26.0 Å². The zero-order valence-corrected chi connectivity index (χ0v) is 12.0. The summed E-state index contributed by atoms with van der Waals surface area (Å²) in [6.45, 7) is 3.22. The first kappa shape index (κ1) is 15.0. The highest BCUT2D eigenvalue weighted by Gasteiger charge is 2.28. The maximum atomic E-state index is 6.07. The number of nitrogens with two attached hydrogens (primary N) is 1. The van der Waals surface area contributed by atoms with Crippen molar-refractivity contribution in [2.45, 2.75) is 90.4 Å². The molecular weight excluding hydrogens is 206 g/mol. The maximum Gasteiger partial charge on any atom is -0.00205 e. The van der Waals surface area contributed by atoms with E-state index in [1.54, 1.807) is 0 Å². The second kappa shape index (κ2) is 8.97. The molecule has 0 amide bonds. The van der Waals surface area contributed by atoms with Gasteiger partial charge in [0.25, 0.3) is 0 Å². The van der Waals surface area contributed by atoms with Crippen molar-refractivity contribution in [2.75, 3.05) is 6.54 Å². The first-order valence-electron chi connectivity index (χ1n) is 8.03.